The van der Waals surface area contributed by atoms with Gasteiger partial charge in [0.1, 0.15) is 0 Å². The minimum Gasteiger partial charge on any atom is -0.503 e. The molecule has 1 saturated heterocycles. The Morgan fingerprint density at radius 3 is 1.68 bits per heavy atom. The molecule has 2 aromatic carbocycles. The van der Waals surface area contributed by atoms with Gasteiger partial charge in [-0.2, -0.15) is 0 Å². The van der Waals surface area contributed by atoms with E-state index in [9.17, 15) is 15.0 Å². The second kappa shape index (κ2) is 9.64. The molecule has 0 spiro atoms. The Kier molecular flexibility index (Phi) is 7.15. The number of piperidine rings is 1. The number of halogens is 2. The predicted molar refractivity (Wildman–Crippen MR) is 122 cm³/mol. The maximum atomic E-state index is 13.2. The highest BCUT2D eigenvalue weighted by Crippen LogP contribution is 2.37. The summed E-state index contributed by atoms with van der Waals surface area (Å²) in [7, 11) is 2.87. The smallest absolute Gasteiger partial charge is 0.187 e. The molecule has 0 aromatic heterocycles. The maximum Gasteiger partial charge on any atom is 0.187 e. The topological polar surface area (TPSA) is 79.2 Å². The van der Waals surface area contributed by atoms with Gasteiger partial charge in [0.15, 0.2) is 28.8 Å². The first-order valence-electron chi connectivity index (χ1n) is 9.58. The van der Waals surface area contributed by atoms with Crippen LogP contribution < -0.4 is 9.47 Å². The molecule has 0 saturated carbocycles. The minimum atomic E-state index is -0.143. The van der Waals surface area contributed by atoms with Crippen LogP contribution in [-0.2, 0) is 4.79 Å². The number of carbonyl (C=O) groups excluding carboxylic acids is 1. The van der Waals surface area contributed by atoms with Crippen molar-refractivity contribution >= 4 is 41.1 Å². The van der Waals surface area contributed by atoms with E-state index in [1.807, 2.05) is 6.92 Å². The fraction of sp³-hybridized carbons (Fsp3) is 0.261. The lowest BCUT2D eigenvalue weighted by Crippen LogP contribution is -2.37. The molecule has 0 bridgehead atoms. The van der Waals surface area contributed by atoms with Crippen LogP contribution in [0.1, 0.15) is 18.1 Å². The zero-order valence-electron chi connectivity index (χ0n) is 17.4. The molecular weight excluding hydrogens is 441 g/mol. The number of rotatable bonds is 5. The number of phenolic OH excluding ortho intramolecular Hbond substituents is 2. The van der Waals surface area contributed by atoms with Crippen LogP contribution in [0.2, 0.25) is 10.0 Å². The summed E-state index contributed by atoms with van der Waals surface area (Å²) in [4.78, 5) is 15.3. The number of aromatic hydroxyl groups is 2. The second-order valence-electron chi connectivity index (χ2n) is 7.08. The molecule has 6 nitrogen and oxygen atoms in total. The van der Waals surface area contributed by atoms with E-state index in [2.05, 4.69) is 4.90 Å². The summed E-state index contributed by atoms with van der Waals surface area (Å²) in [5.74, 6) is 0.0783. The number of likely N-dealkylation sites (tertiary alicyclic amines) is 1. The van der Waals surface area contributed by atoms with Gasteiger partial charge < -0.3 is 19.7 Å². The number of nitrogens with zero attached hydrogens (tertiary/aromatic N) is 1. The van der Waals surface area contributed by atoms with E-state index < -0.39 is 0 Å². The molecule has 0 amide bonds. The van der Waals surface area contributed by atoms with E-state index in [1.54, 1.807) is 36.4 Å². The molecule has 0 atom stereocenters. The largest absolute Gasteiger partial charge is 0.503 e. The fourth-order valence-corrected chi connectivity index (χ4v) is 3.84. The molecule has 0 aliphatic carbocycles. The molecule has 31 heavy (non-hydrogen) atoms. The van der Waals surface area contributed by atoms with Crippen LogP contribution in [0.4, 0.5) is 0 Å². The van der Waals surface area contributed by atoms with Crippen molar-refractivity contribution in [2.45, 2.75) is 6.92 Å². The summed E-state index contributed by atoms with van der Waals surface area (Å²) < 4.78 is 10.3. The molecular formula is C23H23Cl2NO5. The SMILES string of the molecule is CCN1C/C(=C/c2cc(Cl)c(O)c(OC)c2)C(=O)/C(=C/c2cc(Cl)c(O)c(OC)c2)C1. The molecule has 1 aliphatic heterocycles. The van der Waals surface area contributed by atoms with Crippen LogP contribution >= 0.6 is 23.2 Å². The van der Waals surface area contributed by atoms with Gasteiger partial charge in [-0.25, -0.2) is 0 Å². The van der Waals surface area contributed by atoms with Gasteiger partial charge in [0.25, 0.3) is 0 Å². The van der Waals surface area contributed by atoms with Crippen molar-refractivity contribution in [2.75, 3.05) is 33.9 Å². The van der Waals surface area contributed by atoms with Gasteiger partial charge in [0.2, 0.25) is 0 Å². The summed E-state index contributed by atoms with van der Waals surface area (Å²) in [5, 5.41) is 20.2. The monoisotopic (exact) mass is 463 g/mol. The van der Waals surface area contributed by atoms with Crippen molar-refractivity contribution in [1.29, 1.82) is 0 Å². The van der Waals surface area contributed by atoms with Gasteiger partial charge in [-0.3, -0.25) is 9.69 Å². The molecule has 0 radical (unpaired) electrons. The number of Topliss-reactive ketones (excluding diaryl/α,β-unsaturated/α-hetero) is 1. The molecule has 1 heterocycles. The van der Waals surface area contributed by atoms with E-state index in [0.717, 1.165) is 6.54 Å². The highest BCUT2D eigenvalue weighted by atomic mass is 35.5. The Hall–Kier alpha value is -2.67. The van der Waals surface area contributed by atoms with Crippen LogP contribution in [-0.4, -0.2) is 54.8 Å². The zero-order chi connectivity index (χ0) is 22.7. The predicted octanol–water partition coefficient (Wildman–Crippen LogP) is 4.79. The highest BCUT2D eigenvalue weighted by Gasteiger charge is 2.25. The highest BCUT2D eigenvalue weighted by molar-refractivity contribution is 6.32. The van der Waals surface area contributed by atoms with Crippen molar-refractivity contribution in [2.24, 2.45) is 0 Å². The summed E-state index contributed by atoms with van der Waals surface area (Å²) in [6.07, 6.45) is 3.49. The maximum absolute atomic E-state index is 13.2. The first-order valence-corrected chi connectivity index (χ1v) is 10.3. The first-order chi connectivity index (χ1) is 14.8. The van der Waals surface area contributed by atoms with Crippen molar-refractivity contribution in [3.8, 4) is 23.0 Å². The molecule has 164 valence electrons. The molecule has 2 N–H and O–H groups in total. The van der Waals surface area contributed by atoms with Gasteiger partial charge in [-0.1, -0.05) is 30.1 Å². The lowest BCUT2D eigenvalue weighted by atomic mass is 9.94. The van der Waals surface area contributed by atoms with Gasteiger partial charge in [0.05, 0.1) is 24.3 Å². The third kappa shape index (κ3) is 4.98. The summed E-state index contributed by atoms with van der Waals surface area (Å²) >= 11 is 12.2. The van der Waals surface area contributed by atoms with Gasteiger partial charge in [-0.15, -0.1) is 0 Å². The molecule has 3 rings (SSSR count). The Bertz CT molecular complexity index is 997. The van der Waals surface area contributed by atoms with Crippen LogP contribution in [0.5, 0.6) is 23.0 Å². The molecule has 2 aromatic rings. The third-order valence-corrected chi connectivity index (χ3v) is 5.62. The molecule has 8 heteroatoms. The number of likely N-dealkylation sites (N-methyl/N-ethyl adjacent to an activating group) is 1. The Balaban J connectivity index is 2.03. The molecule has 1 aliphatic rings. The number of methoxy groups -OCH3 is 2. The van der Waals surface area contributed by atoms with Crippen LogP contribution in [0.25, 0.3) is 12.2 Å². The molecule has 0 unspecified atom stereocenters. The summed E-state index contributed by atoms with van der Waals surface area (Å²) in [6, 6.07) is 6.41. The van der Waals surface area contributed by atoms with Crippen molar-refractivity contribution < 1.29 is 24.5 Å². The summed E-state index contributed by atoms with van der Waals surface area (Å²) in [5.41, 5.74) is 2.46. The Morgan fingerprint density at radius 2 is 1.32 bits per heavy atom. The van der Waals surface area contributed by atoms with Crippen molar-refractivity contribution in [1.82, 2.24) is 4.90 Å². The lowest BCUT2D eigenvalue weighted by molar-refractivity contribution is -0.113. The van der Waals surface area contributed by atoms with Gasteiger partial charge in [0, 0.05) is 24.2 Å². The van der Waals surface area contributed by atoms with E-state index in [4.69, 9.17) is 32.7 Å². The fourth-order valence-electron chi connectivity index (χ4n) is 3.40. The standard InChI is InChI=1S/C23H23Cl2NO5/c1-4-26-11-15(5-13-7-17(24)22(28)19(9-13)30-2)21(27)16(12-26)6-14-8-18(25)23(29)20(10-14)31-3/h5-10,28-29H,4,11-12H2,1-3H3/b15-5-,16-6+. The number of hydrogen-bond donors (Lipinski definition) is 2. The number of ketones is 1. The zero-order valence-corrected chi connectivity index (χ0v) is 18.9. The Labute approximate surface area is 190 Å². The van der Waals surface area contributed by atoms with Crippen LogP contribution in [0.3, 0.4) is 0 Å². The van der Waals surface area contributed by atoms with E-state index in [0.29, 0.717) is 35.4 Å². The average Bonchev–Trinajstić information content (AvgIpc) is 2.75. The first kappa shape index (κ1) is 23.0. The van der Waals surface area contributed by atoms with E-state index in [1.165, 1.54) is 14.2 Å². The normalized spacial score (nSPS) is 17.4. The minimum absolute atomic E-state index is 0.101. The summed E-state index contributed by atoms with van der Waals surface area (Å²) in [6.45, 7) is 3.73. The van der Waals surface area contributed by atoms with Gasteiger partial charge in [-0.05, 0) is 54.1 Å². The quantitative estimate of drug-likeness (QED) is 0.620. The number of benzene rings is 2. The number of carbonyl (C=O) groups is 1. The third-order valence-electron chi connectivity index (χ3n) is 5.04. The van der Waals surface area contributed by atoms with Crippen molar-refractivity contribution in [3.63, 3.8) is 0 Å². The average molecular weight is 464 g/mol. The molecule has 1 fully saturated rings. The van der Waals surface area contributed by atoms with Crippen LogP contribution in [0, 0.1) is 0 Å². The lowest BCUT2D eigenvalue weighted by Gasteiger charge is -2.28. The van der Waals surface area contributed by atoms with E-state index in [-0.39, 0.29) is 38.8 Å². The number of hydrogen-bond acceptors (Lipinski definition) is 6. The number of phenols is 2. The van der Waals surface area contributed by atoms with Crippen molar-refractivity contribution in [3.05, 3.63) is 56.6 Å². The second-order valence-corrected chi connectivity index (χ2v) is 7.89. The number of ether oxygens (including phenoxy) is 2. The van der Waals surface area contributed by atoms with Crippen LogP contribution in [0.15, 0.2) is 35.4 Å². The Morgan fingerprint density at radius 1 is 0.903 bits per heavy atom. The van der Waals surface area contributed by atoms with E-state index >= 15 is 0 Å². The van der Waals surface area contributed by atoms with Gasteiger partial charge >= 0.3 is 0 Å².